The summed E-state index contributed by atoms with van der Waals surface area (Å²) in [6.07, 6.45) is 3.36. The molecule has 1 amide bonds. The minimum absolute atomic E-state index is 0.0588. The van der Waals surface area contributed by atoms with Crippen LogP contribution in [0.25, 0.3) is 10.9 Å². The predicted octanol–water partition coefficient (Wildman–Crippen LogP) is 1.83. The zero-order chi connectivity index (χ0) is 15.0. The molecule has 0 spiro atoms. The number of nitrogens with zero attached hydrogens (tertiary/aromatic N) is 1. The molecule has 1 atom stereocenters. The SMILES string of the molecule is O=C(Cn1ccc2ccc(Br)cc21)N[C@@H]1C=CS(=O)(=O)C1. The first-order valence-corrected chi connectivity index (χ1v) is 8.88. The Morgan fingerprint density at radius 1 is 1.38 bits per heavy atom. The highest BCUT2D eigenvalue weighted by Crippen LogP contribution is 2.20. The second kappa shape index (κ2) is 5.31. The predicted molar refractivity (Wildman–Crippen MR) is 84.5 cm³/mol. The van der Waals surface area contributed by atoms with Crippen molar-refractivity contribution in [2.24, 2.45) is 0 Å². The minimum Gasteiger partial charge on any atom is -0.347 e. The van der Waals surface area contributed by atoms with E-state index in [1.54, 1.807) is 0 Å². The van der Waals surface area contributed by atoms with E-state index in [1.807, 2.05) is 35.0 Å². The van der Waals surface area contributed by atoms with Crippen LogP contribution in [-0.2, 0) is 21.2 Å². The van der Waals surface area contributed by atoms with Crippen LogP contribution in [0, 0.1) is 0 Å². The molecule has 0 fully saturated rings. The summed E-state index contributed by atoms with van der Waals surface area (Å²) in [5.74, 6) is -0.268. The van der Waals surface area contributed by atoms with Crippen LogP contribution in [0.2, 0.25) is 0 Å². The lowest BCUT2D eigenvalue weighted by atomic mass is 10.2. The molecule has 2 heterocycles. The number of carbonyl (C=O) groups excluding carboxylic acids is 1. The van der Waals surface area contributed by atoms with Crippen LogP contribution in [0.5, 0.6) is 0 Å². The number of sulfone groups is 1. The van der Waals surface area contributed by atoms with E-state index in [0.29, 0.717) is 0 Å². The third kappa shape index (κ3) is 3.19. The quantitative estimate of drug-likeness (QED) is 0.898. The number of benzene rings is 1. The largest absolute Gasteiger partial charge is 0.347 e. The Morgan fingerprint density at radius 2 is 2.19 bits per heavy atom. The molecule has 7 heteroatoms. The molecule has 1 aliphatic heterocycles. The molecule has 0 saturated heterocycles. The Labute approximate surface area is 130 Å². The highest BCUT2D eigenvalue weighted by molar-refractivity contribution is 9.10. The molecule has 1 aliphatic rings. The standard InChI is InChI=1S/C14H13BrN2O3S/c15-11-2-1-10-3-5-17(13(10)7-11)8-14(18)16-12-4-6-21(19,20)9-12/h1-7,12H,8-9H2,(H,16,18)/t12-/m1/s1. The van der Waals surface area contributed by atoms with Crippen molar-refractivity contribution < 1.29 is 13.2 Å². The first-order valence-electron chi connectivity index (χ1n) is 6.38. The smallest absolute Gasteiger partial charge is 0.240 e. The van der Waals surface area contributed by atoms with Crippen LogP contribution in [-0.4, -0.2) is 30.7 Å². The average molecular weight is 369 g/mol. The number of rotatable bonds is 3. The number of halogens is 1. The van der Waals surface area contributed by atoms with E-state index in [9.17, 15) is 13.2 Å². The molecule has 110 valence electrons. The van der Waals surface area contributed by atoms with Gasteiger partial charge in [-0.1, -0.05) is 22.0 Å². The van der Waals surface area contributed by atoms with E-state index >= 15 is 0 Å². The maximum atomic E-state index is 12.0. The van der Waals surface area contributed by atoms with E-state index in [2.05, 4.69) is 21.2 Å². The van der Waals surface area contributed by atoms with Gasteiger partial charge in [0.25, 0.3) is 0 Å². The summed E-state index contributed by atoms with van der Waals surface area (Å²) in [5, 5.41) is 4.92. The Hall–Kier alpha value is -1.60. The van der Waals surface area contributed by atoms with Crippen LogP contribution >= 0.6 is 15.9 Å². The van der Waals surface area contributed by atoms with Gasteiger partial charge in [-0.3, -0.25) is 4.79 Å². The van der Waals surface area contributed by atoms with Crippen LogP contribution in [0.3, 0.4) is 0 Å². The second-order valence-electron chi connectivity index (χ2n) is 4.98. The number of hydrogen-bond donors (Lipinski definition) is 1. The van der Waals surface area contributed by atoms with Crippen LogP contribution in [0.1, 0.15) is 0 Å². The summed E-state index contributed by atoms with van der Waals surface area (Å²) in [6.45, 7) is 0.157. The molecule has 1 aromatic heterocycles. The maximum Gasteiger partial charge on any atom is 0.240 e. The van der Waals surface area contributed by atoms with Crippen molar-refractivity contribution in [1.82, 2.24) is 9.88 Å². The first kappa shape index (κ1) is 14.3. The zero-order valence-electron chi connectivity index (χ0n) is 11.0. The molecule has 0 unspecified atom stereocenters. The van der Waals surface area contributed by atoms with Gasteiger partial charge in [0.05, 0.1) is 11.8 Å². The Morgan fingerprint density at radius 3 is 2.90 bits per heavy atom. The lowest BCUT2D eigenvalue weighted by molar-refractivity contribution is -0.121. The number of nitrogens with one attached hydrogen (secondary N) is 1. The molecule has 0 saturated carbocycles. The summed E-state index contributed by atoms with van der Waals surface area (Å²) in [4.78, 5) is 12.0. The highest BCUT2D eigenvalue weighted by Gasteiger charge is 2.23. The Bertz CT molecular complexity index is 839. The summed E-state index contributed by atoms with van der Waals surface area (Å²) in [6, 6.07) is 7.37. The third-order valence-corrected chi connectivity index (χ3v) is 5.22. The van der Waals surface area contributed by atoms with E-state index in [0.717, 1.165) is 20.8 Å². The molecule has 0 bridgehead atoms. The molecule has 2 aromatic rings. The fourth-order valence-corrected chi connectivity index (χ4v) is 3.95. The van der Waals surface area contributed by atoms with E-state index in [1.165, 1.54) is 6.08 Å². The molecule has 1 N–H and O–H groups in total. The normalized spacial score (nSPS) is 20.0. The number of carbonyl (C=O) groups is 1. The van der Waals surface area contributed by atoms with E-state index in [4.69, 9.17) is 0 Å². The fourth-order valence-electron chi connectivity index (χ4n) is 2.37. The van der Waals surface area contributed by atoms with Crippen molar-refractivity contribution in [3.8, 4) is 0 Å². The van der Waals surface area contributed by atoms with Gasteiger partial charge < -0.3 is 9.88 Å². The van der Waals surface area contributed by atoms with Gasteiger partial charge in [-0.05, 0) is 29.7 Å². The van der Waals surface area contributed by atoms with Gasteiger partial charge in [-0.2, -0.15) is 0 Å². The van der Waals surface area contributed by atoms with Gasteiger partial charge in [0.15, 0.2) is 9.84 Å². The molecule has 3 rings (SSSR count). The number of fused-ring (bicyclic) bond motifs is 1. The molecule has 0 aliphatic carbocycles. The molecular formula is C14H13BrN2O3S. The Kier molecular flexibility index (Phi) is 3.62. The molecule has 1 aromatic carbocycles. The third-order valence-electron chi connectivity index (χ3n) is 3.33. The molecule has 5 nitrogen and oxygen atoms in total. The van der Waals surface area contributed by atoms with Crippen LogP contribution in [0.15, 0.2) is 46.4 Å². The fraction of sp³-hybridized carbons (Fsp3) is 0.214. The zero-order valence-corrected chi connectivity index (χ0v) is 13.4. The summed E-state index contributed by atoms with van der Waals surface area (Å²) in [5.41, 5.74) is 0.953. The minimum atomic E-state index is -3.15. The second-order valence-corrected chi connectivity index (χ2v) is 7.83. The van der Waals surface area contributed by atoms with Gasteiger partial charge in [0.2, 0.25) is 5.91 Å². The monoisotopic (exact) mass is 368 g/mol. The van der Waals surface area contributed by atoms with Gasteiger partial charge in [0.1, 0.15) is 6.54 Å². The van der Waals surface area contributed by atoms with Crippen molar-refractivity contribution in [2.45, 2.75) is 12.6 Å². The molecule has 21 heavy (non-hydrogen) atoms. The topological polar surface area (TPSA) is 68.2 Å². The lowest BCUT2D eigenvalue weighted by Gasteiger charge is -2.11. The van der Waals surface area contributed by atoms with Gasteiger partial charge in [-0.25, -0.2) is 8.42 Å². The van der Waals surface area contributed by atoms with Gasteiger partial charge >= 0.3 is 0 Å². The number of hydrogen-bond acceptors (Lipinski definition) is 3. The van der Waals surface area contributed by atoms with Crippen LogP contribution < -0.4 is 5.32 Å². The average Bonchev–Trinajstić information content (AvgIpc) is 2.93. The van der Waals surface area contributed by atoms with Crippen molar-refractivity contribution in [3.05, 3.63) is 46.4 Å². The molecule has 0 radical (unpaired) electrons. The maximum absolute atomic E-state index is 12.0. The van der Waals surface area contributed by atoms with Crippen molar-refractivity contribution >= 4 is 42.6 Å². The van der Waals surface area contributed by atoms with Gasteiger partial charge in [0, 0.05) is 21.6 Å². The number of aromatic nitrogens is 1. The van der Waals surface area contributed by atoms with Crippen LogP contribution in [0.4, 0.5) is 0 Å². The molecular weight excluding hydrogens is 356 g/mol. The van der Waals surface area contributed by atoms with Crippen molar-refractivity contribution in [3.63, 3.8) is 0 Å². The van der Waals surface area contributed by atoms with E-state index in [-0.39, 0.29) is 18.2 Å². The Balaban J connectivity index is 1.72. The summed E-state index contributed by atoms with van der Waals surface area (Å²) in [7, 11) is -3.15. The van der Waals surface area contributed by atoms with Crippen molar-refractivity contribution in [2.75, 3.05) is 5.75 Å². The van der Waals surface area contributed by atoms with Crippen molar-refractivity contribution in [1.29, 1.82) is 0 Å². The highest BCUT2D eigenvalue weighted by atomic mass is 79.9. The summed E-state index contributed by atoms with van der Waals surface area (Å²) >= 11 is 3.41. The lowest BCUT2D eigenvalue weighted by Crippen LogP contribution is -2.37. The summed E-state index contributed by atoms with van der Waals surface area (Å²) < 4.78 is 25.4. The van der Waals surface area contributed by atoms with E-state index < -0.39 is 15.9 Å². The van der Waals surface area contributed by atoms with Gasteiger partial charge in [-0.15, -0.1) is 0 Å². The first-order chi connectivity index (χ1) is 9.93. The number of amides is 1.